The Kier molecular flexibility index (Phi) is 5.70. The van der Waals surface area contributed by atoms with E-state index >= 15 is 0 Å². The molecule has 2 saturated carbocycles. The van der Waals surface area contributed by atoms with Crippen molar-refractivity contribution in [1.82, 2.24) is 4.90 Å². The van der Waals surface area contributed by atoms with Crippen LogP contribution in [-0.4, -0.2) is 66.2 Å². The largest absolute Gasteiger partial charge is 0.448 e. The summed E-state index contributed by atoms with van der Waals surface area (Å²) < 4.78 is 44.7. The topological polar surface area (TPSA) is 104 Å². The number of carbonyl (C=O) groups is 1. The van der Waals surface area contributed by atoms with Crippen molar-refractivity contribution in [3.8, 4) is 0 Å². The molecule has 0 radical (unpaired) electrons. The van der Waals surface area contributed by atoms with Gasteiger partial charge in [0.1, 0.15) is 18.7 Å². The average Bonchev–Trinajstić information content (AvgIpc) is 2.99. The maximum absolute atomic E-state index is 13.2. The number of fused-ring (bicyclic) bond motifs is 1. The van der Waals surface area contributed by atoms with Crippen LogP contribution in [0.1, 0.15) is 33.1 Å². The van der Waals surface area contributed by atoms with Crippen LogP contribution in [0.4, 0.5) is 18.0 Å². The summed E-state index contributed by atoms with van der Waals surface area (Å²) in [5, 5.41) is 8.43. The zero-order valence-electron chi connectivity index (χ0n) is 17.6. The van der Waals surface area contributed by atoms with E-state index in [1.807, 2.05) is 13.8 Å². The molecule has 0 aromatic rings. The molecule has 0 aromatic carbocycles. The Bertz CT molecular complexity index is 838. The number of hydrogen-bond donors (Lipinski definition) is 2. The third kappa shape index (κ3) is 4.40. The van der Waals surface area contributed by atoms with Crippen molar-refractivity contribution in [1.29, 1.82) is 5.41 Å². The second kappa shape index (κ2) is 8.03. The number of nitrogens with one attached hydrogen (secondary N) is 1. The van der Waals surface area contributed by atoms with Gasteiger partial charge in [0, 0.05) is 47.6 Å². The lowest BCUT2D eigenvalue weighted by atomic mass is 9.93. The van der Waals surface area contributed by atoms with Gasteiger partial charge < -0.3 is 20.8 Å². The standard InChI is InChI=1S/C21H28F3N5O2/c1-10(2)28-17(8-16(25)11-5-15(21(22,23)24)19(26)27-9-11)18-13-6-12(7-14(13)18)29-3-4-31-20(29)30/h5,9-10,12-15,18-19,25H,3-4,6-8,26H2,1-2H3. The fraction of sp³-hybridized carbons (Fsp3) is 0.714. The highest BCUT2D eigenvalue weighted by atomic mass is 19.4. The van der Waals surface area contributed by atoms with Crippen LogP contribution in [0.3, 0.4) is 0 Å². The van der Waals surface area contributed by atoms with Crippen molar-refractivity contribution in [2.24, 2.45) is 39.4 Å². The van der Waals surface area contributed by atoms with Gasteiger partial charge in [0.2, 0.25) is 0 Å². The van der Waals surface area contributed by atoms with Gasteiger partial charge in [-0.15, -0.1) is 0 Å². The highest BCUT2D eigenvalue weighted by Gasteiger charge is 2.59. The molecular formula is C21H28F3N5O2. The predicted molar refractivity (Wildman–Crippen MR) is 111 cm³/mol. The summed E-state index contributed by atoms with van der Waals surface area (Å²) in [5.74, 6) is -0.873. The molecule has 4 rings (SSSR count). The Morgan fingerprint density at radius 3 is 2.61 bits per heavy atom. The molecule has 3 N–H and O–H groups in total. The molecule has 2 heterocycles. The van der Waals surface area contributed by atoms with Gasteiger partial charge in [-0.2, -0.15) is 13.2 Å². The summed E-state index contributed by atoms with van der Waals surface area (Å²) in [7, 11) is 0. The molecule has 170 valence electrons. The van der Waals surface area contributed by atoms with Crippen molar-refractivity contribution in [3.05, 3.63) is 11.6 Å². The molecule has 4 aliphatic rings. The van der Waals surface area contributed by atoms with Crippen molar-refractivity contribution in [2.75, 3.05) is 13.2 Å². The number of rotatable bonds is 6. The smallest absolute Gasteiger partial charge is 0.410 e. The summed E-state index contributed by atoms with van der Waals surface area (Å²) in [5.41, 5.74) is 6.60. The summed E-state index contributed by atoms with van der Waals surface area (Å²) in [4.78, 5) is 22.1. The molecular weight excluding hydrogens is 411 g/mol. The number of ether oxygens (including phenoxy) is 1. The number of nitrogens with two attached hydrogens (primary N) is 1. The van der Waals surface area contributed by atoms with E-state index in [-0.39, 0.29) is 41.8 Å². The Morgan fingerprint density at radius 2 is 2.06 bits per heavy atom. The molecule has 2 aliphatic carbocycles. The van der Waals surface area contributed by atoms with Crippen LogP contribution in [0, 0.1) is 29.1 Å². The summed E-state index contributed by atoms with van der Waals surface area (Å²) in [6.45, 7) is 4.96. The number of nitrogens with zero attached hydrogens (tertiary/aromatic N) is 3. The first kappa shape index (κ1) is 22.0. The van der Waals surface area contributed by atoms with Crippen LogP contribution < -0.4 is 5.73 Å². The SMILES string of the molecule is CC(C)N=C(CC(=N)C1=CC(C(F)(F)F)C(N)N=C1)C1C2CC(N3CCOC3=O)CC21. The number of amides is 1. The number of carbonyl (C=O) groups excluding carboxylic acids is 1. The zero-order chi connectivity index (χ0) is 22.5. The second-order valence-corrected chi connectivity index (χ2v) is 9.11. The normalized spacial score (nSPS) is 35.3. The van der Waals surface area contributed by atoms with Gasteiger partial charge in [-0.05, 0) is 38.5 Å². The van der Waals surface area contributed by atoms with Crippen molar-refractivity contribution >= 4 is 23.7 Å². The third-order valence-corrected chi connectivity index (χ3v) is 6.66. The molecule has 4 unspecified atom stereocenters. The van der Waals surface area contributed by atoms with Gasteiger partial charge in [0.05, 0.1) is 6.54 Å². The fourth-order valence-corrected chi connectivity index (χ4v) is 5.22. The van der Waals surface area contributed by atoms with Crippen molar-refractivity contribution in [3.63, 3.8) is 0 Å². The van der Waals surface area contributed by atoms with Crippen LogP contribution in [0.25, 0.3) is 0 Å². The predicted octanol–water partition coefficient (Wildman–Crippen LogP) is 3.20. The fourth-order valence-electron chi connectivity index (χ4n) is 5.22. The number of hydrogen-bond acceptors (Lipinski definition) is 6. The third-order valence-electron chi connectivity index (χ3n) is 6.66. The molecule has 3 fully saturated rings. The number of aliphatic imine (C=N–C) groups is 2. The minimum atomic E-state index is -4.50. The Balaban J connectivity index is 1.43. The molecule has 31 heavy (non-hydrogen) atoms. The molecule has 0 spiro atoms. The maximum atomic E-state index is 13.2. The highest BCUT2D eigenvalue weighted by molar-refractivity contribution is 6.21. The number of cyclic esters (lactones) is 1. The van der Waals surface area contributed by atoms with Crippen LogP contribution in [0.2, 0.25) is 0 Å². The first-order valence-electron chi connectivity index (χ1n) is 10.7. The van der Waals surface area contributed by atoms with Crippen LogP contribution in [0.5, 0.6) is 0 Å². The molecule has 0 aromatic heterocycles. The van der Waals surface area contributed by atoms with E-state index in [1.54, 1.807) is 4.90 Å². The number of alkyl halides is 3. The zero-order valence-corrected chi connectivity index (χ0v) is 17.6. The molecule has 1 amide bonds. The average molecular weight is 439 g/mol. The Morgan fingerprint density at radius 1 is 1.39 bits per heavy atom. The monoisotopic (exact) mass is 439 g/mol. The second-order valence-electron chi connectivity index (χ2n) is 9.11. The molecule has 1 saturated heterocycles. The molecule has 10 heteroatoms. The Hall–Kier alpha value is -2.23. The van der Waals surface area contributed by atoms with E-state index < -0.39 is 18.3 Å². The van der Waals surface area contributed by atoms with Crippen molar-refractivity contribution < 1.29 is 22.7 Å². The van der Waals surface area contributed by atoms with Gasteiger partial charge in [0.25, 0.3) is 0 Å². The quantitative estimate of drug-likeness (QED) is 0.621. The van der Waals surface area contributed by atoms with Gasteiger partial charge in [-0.3, -0.25) is 9.98 Å². The van der Waals surface area contributed by atoms with Gasteiger partial charge >= 0.3 is 12.3 Å². The minimum absolute atomic E-state index is 0.0267. The Labute approximate surface area is 179 Å². The van der Waals surface area contributed by atoms with Crippen LogP contribution in [0.15, 0.2) is 21.6 Å². The first-order valence-corrected chi connectivity index (χ1v) is 10.7. The minimum Gasteiger partial charge on any atom is -0.448 e. The molecule has 4 atom stereocenters. The van der Waals surface area contributed by atoms with E-state index in [2.05, 4.69) is 4.99 Å². The van der Waals surface area contributed by atoms with Crippen molar-refractivity contribution in [2.45, 2.75) is 57.5 Å². The van der Waals surface area contributed by atoms with Gasteiger partial charge in [0.15, 0.2) is 0 Å². The molecule has 7 nitrogen and oxygen atoms in total. The lowest BCUT2D eigenvalue weighted by molar-refractivity contribution is -0.165. The van der Waals surface area contributed by atoms with E-state index in [4.69, 9.17) is 20.9 Å². The summed E-state index contributed by atoms with van der Waals surface area (Å²) in [6, 6.07) is 0.210. The molecule has 0 bridgehead atoms. The maximum Gasteiger partial charge on any atom is 0.410 e. The van der Waals surface area contributed by atoms with Gasteiger partial charge in [-0.1, -0.05) is 6.08 Å². The lowest BCUT2D eigenvalue weighted by Gasteiger charge is -2.25. The summed E-state index contributed by atoms with van der Waals surface area (Å²) >= 11 is 0. The van der Waals surface area contributed by atoms with E-state index in [0.717, 1.165) is 24.6 Å². The highest BCUT2D eigenvalue weighted by Crippen LogP contribution is 2.59. The molecule has 2 aliphatic heterocycles. The summed E-state index contributed by atoms with van der Waals surface area (Å²) in [6.07, 6.45) is -1.89. The first-order chi connectivity index (χ1) is 14.6. The van der Waals surface area contributed by atoms with E-state index in [9.17, 15) is 18.0 Å². The van der Waals surface area contributed by atoms with Crippen LogP contribution >= 0.6 is 0 Å². The number of dihydropyridines is 1. The lowest BCUT2D eigenvalue weighted by Crippen LogP contribution is -2.40. The van der Waals surface area contributed by atoms with E-state index in [1.165, 1.54) is 6.21 Å². The van der Waals surface area contributed by atoms with Gasteiger partial charge in [-0.25, -0.2) is 4.79 Å². The van der Waals surface area contributed by atoms with E-state index in [0.29, 0.717) is 25.0 Å². The number of allylic oxidation sites excluding steroid dienone is 1. The number of halogens is 3. The van der Waals surface area contributed by atoms with Crippen LogP contribution in [-0.2, 0) is 4.74 Å².